The first-order chi connectivity index (χ1) is 13.9. The van der Waals surface area contributed by atoms with Crippen LogP contribution in [0.15, 0.2) is 47.4 Å². The fourth-order valence-electron chi connectivity index (χ4n) is 3.43. The van der Waals surface area contributed by atoms with Gasteiger partial charge in [0.05, 0.1) is 10.6 Å². The van der Waals surface area contributed by atoms with Crippen molar-refractivity contribution in [1.29, 1.82) is 0 Å². The quantitative estimate of drug-likeness (QED) is 0.668. The second-order valence-corrected chi connectivity index (χ2v) is 8.80. The van der Waals surface area contributed by atoms with Crippen LogP contribution in [-0.2, 0) is 16.9 Å². The molecule has 29 heavy (non-hydrogen) atoms. The Hall–Kier alpha value is -3.20. The Morgan fingerprint density at radius 2 is 1.90 bits per heavy atom. The molecule has 4 rings (SSSR count). The van der Waals surface area contributed by atoms with Gasteiger partial charge < -0.3 is 24.7 Å². The third-order valence-corrected chi connectivity index (χ3v) is 6.82. The third-order valence-electron chi connectivity index (χ3n) is 4.94. The predicted molar refractivity (Wildman–Crippen MR) is 109 cm³/mol. The zero-order valence-electron chi connectivity index (χ0n) is 16.1. The topological polar surface area (TPSA) is 98.7 Å². The summed E-state index contributed by atoms with van der Waals surface area (Å²) in [4.78, 5) is 12.4. The number of anilines is 1. The lowest BCUT2D eigenvalue weighted by atomic mass is 10.2. The van der Waals surface area contributed by atoms with Crippen molar-refractivity contribution in [3.63, 3.8) is 0 Å². The van der Waals surface area contributed by atoms with Gasteiger partial charge in [0.2, 0.25) is 6.79 Å². The van der Waals surface area contributed by atoms with E-state index < -0.39 is 15.9 Å². The van der Waals surface area contributed by atoms with E-state index in [-0.39, 0.29) is 19.1 Å². The van der Waals surface area contributed by atoms with E-state index in [0.29, 0.717) is 33.2 Å². The van der Waals surface area contributed by atoms with Crippen LogP contribution in [0.4, 0.5) is 10.5 Å². The van der Waals surface area contributed by atoms with Gasteiger partial charge in [0, 0.05) is 41.9 Å². The number of urea groups is 1. The summed E-state index contributed by atoms with van der Waals surface area (Å²) < 4.78 is 38.2. The molecule has 0 spiro atoms. The van der Waals surface area contributed by atoms with Gasteiger partial charge in [0.25, 0.3) is 0 Å². The standard InChI is InChI=1S/C20H21N3O5S/c1-13-19(15-5-3-4-6-16(15)23(13)2)29(25,26)10-9-21-20(24)22-14-7-8-17-18(11-14)28-12-27-17/h3-8,11H,9-10,12H2,1-2H3,(H2,21,22,24). The molecule has 2 N–H and O–H groups in total. The Morgan fingerprint density at radius 3 is 2.72 bits per heavy atom. The summed E-state index contributed by atoms with van der Waals surface area (Å²) >= 11 is 0. The molecule has 0 bridgehead atoms. The van der Waals surface area contributed by atoms with Crippen molar-refractivity contribution in [2.24, 2.45) is 7.05 Å². The number of hydrogen-bond donors (Lipinski definition) is 2. The number of sulfone groups is 1. The molecule has 0 atom stereocenters. The molecule has 0 radical (unpaired) electrons. The molecule has 152 valence electrons. The number of para-hydroxylation sites is 1. The maximum Gasteiger partial charge on any atom is 0.319 e. The van der Waals surface area contributed by atoms with Gasteiger partial charge in [0.15, 0.2) is 21.3 Å². The Kier molecular flexibility index (Phi) is 4.83. The summed E-state index contributed by atoms with van der Waals surface area (Å²) in [5.74, 6) is 0.973. The van der Waals surface area contributed by atoms with Gasteiger partial charge in [-0.25, -0.2) is 13.2 Å². The zero-order valence-corrected chi connectivity index (χ0v) is 16.9. The molecule has 1 aliphatic heterocycles. The summed E-state index contributed by atoms with van der Waals surface area (Å²) in [7, 11) is -1.73. The van der Waals surface area contributed by atoms with E-state index in [9.17, 15) is 13.2 Å². The van der Waals surface area contributed by atoms with Gasteiger partial charge in [-0.05, 0) is 25.1 Å². The highest BCUT2D eigenvalue weighted by Gasteiger charge is 2.24. The van der Waals surface area contributed by atoms with E-state index in [1.165, 1.54) is 0 Å². The van der Waals surface area contributed by atoms with Crippen molar-refractivity contribution in [3.8, 4) is 11.5 Å². The number of hydrogen-bond acceptors (Lipinski definition) is 5. The van der Waals surface area contributed by atoms with Gasteiger partial charge in [0.1, 0.15) is 0 Å². The summed E-state index contributed by atoms with van der Waals surface area (Å²) in [5.41, 5.74) is 2.06. The lowest BCUT2D eigenvalue weighted by molar-refractivity contribution is 0.174. The minimum absolute atomic E-state index is 0.0125. The maximum atomic E-state index is 12.9. The number of carbonyl (C=O) groups is 1. The number of aromatic nitrogens is 1. The Labute approximate surface area is 168 Å². The number of carbonyl (C=O) groups excluding carboxylic acids is 1. The molecule has 0 saturated heterocycles. The van der Waals surface area contributed by atoms with Crippen LogP contribution in [0, 0.1) is 6.92 Å². The van der Waals surface area contributed by atoms with Crippen molar-refractivity contribution in [3.05, 3.63) is 48.2 Å². The highest BCUT2D eigenvalue weighted by atomic mass is 32.2. The second kappa shape index (κ2) is 7.32. The van der Waals surface area contributed by atoms with Gasteiger partial charge >= 0.3 is 6.03 Å². The van der Waals surface area contributed by atoms with Gasteiger partial charge in [-0.1, -0.05) is 18.2 Å². The second-order valence-electron chi connectivity index (χ2n) is 6.76. The molecule has 0 aliphatic carbocycles. The Morgan fingerprint density at radius 1 is 1.14 bits per heavy atom. The zero-order chi connectivity index (χ0) is 20.6. The minimum Gasteiger partial charge on any atom is -0.454 e. The summed E-state index contributed by atoms with van der Waals surface area (Å²) in [6.07, 6.45) is 0. The van der Waals surface area contributed by atoms with Crippen LogP contribution in [0.2, 0.25) is 0 Å². The fourth-order valence-corrected chi connectivity index (χ4v) is 5.10. The fraction of sp³-hybridized carbons (Fsp3) is 0.250. The molecule has 8 nitrogen and oxygen atoms in total. The highest BCUT2D eigenvalue weighted by Crippen LogP contribution is 2.34. The number of nitrogens with zero attached hydrogens (tertiary/aromatic N) is 1. The van der Waals surface area contributed by atoms with Gasteiger partial charge in [-0.15, -0.1) is 0 Å². The first-order valence-electron chi connectivity index (χ1n) is 9.08. The van der Waals surface area contributed by atoms with Crippen LogP contribution in [0.3, 0.4) is 0 Å². The smallest absolute Gasteiger partial charge is 0.319 e. The number of aryl methyl sites for hydroxylation is 1. The predicted octanol–water partition coefficient (Wildman–Crippen LogP) is 2.81. The van der Waals surface area contributed by atoms with Crippen molar-refractivity contribution in [2.75, 3.05) is 24.4 Å². The van der Waals surface area contributed by atoms with E-state index >= 15 is 0 Å². The maximum absolute atomic E-state index is 12.9. The van der Waals surface area contributed by atoms with Crippen LogP contribution in [0.1, 0.15) is 5.69 Å². The van der Waals surface area contributed by atoms with Gasteiger partial charge in [-0.3, -0.25) is 0 Å². The molecule has 2 amide bonds. The average molecular weight is 415 g/mol. The van der Waals surface area contributed by atoms with E-state index in [0.717, 1.165) is 5.52 Å². The van der Waals surface area contributed by atoms with Crippen LogP contribution < -0.4 is 20.1 Å². The van der Waals surface area contributed by atoms with Crippen LogP contribution in [0.5, 0.6) is 11.5 Å². The molecule has 3 aromatic rings. The molecular weight excluding hydrogens is 394 g/mol. The number of nitrogens with one attached hydrogen (secondary N) is 2. The first-order valence-corrected chi connectivity index (χ1v) is 10.7. The van der Waals surface area contributed by atoms with Crippen molar-refractivity contribution in [2.45, 2.75) is 11.8 Å². The lowest BCUT2D eigenvalue weighted by Crippen LogP contribution is -2.32. The van der Waals surface area contributed by atoms with Crippen LogP contribution in [-0.4, -0.2) is 38.1 Å². The molecule has 2 heterocycles. The van der Waals surface area contributed by atoms with Crippen molar-refractivity contribution < 1.29 is 22.7 Å². The largest absolute Gasteiger partial charge is 0.454 e. The third kappa shape index (κ3) is 3.61. The molecule has 9 heteroatoms. The number of amides is 2. The van der Waals surface area contributed by atoms with E-state index in [2.05, 4.69) is 10.6 Å². The Balaban J connectivity index is 1.41. The van der Waals surface area contributed by atoms with E-state index in [4.69, 9.17) is 9.47 Å². The van der Waals surface area contributed by atoms with Crippen LogP contribution >= 0.6 is 0 Å². The molecule has 1 aromatic heterocycles. The molecule has 0 unspecified atom stereocenters. The number of benzene rings is 2. The molecule has 0 fully saturated rings. The van der Waals surface area contributed by atoms with Crippen molar-refractivity contribution >= 4 is 32.5 Å². The number of ether oxygens (including phenoxy) is 2. The lowest BCUT2D eigenvalue weighted by Gasteiger charge is -2.09. The molecule has 1 aliphatic rings. The van der Waals surface area contributed by atoms with Crippen LogP contribution in [0.25, 0.3) is 10.9 Å². The monoisotopic (exact) mass is 415 g/mol. The Bertz CT molecular complexity index is 1200. The van der Waals surface area contributed by atoms with Gasteiger partial charge in [-0.2, -0.15) is 0 Å². The summed E-state index contributed by atoms with van der Waals surface area (Å²) in [6, 6.07) is 11.9. The molecule has 0 saturated carbocycles. The first kappa shape index (κ1) is 19.1. The van der Waals surface area contributed by atoms with E-state index in [1.807, 2.05) is 29.8 Å². The molecule has 2 aromatic carbocycles. The number of rotatable bonds is 5. The highest BCUT2D eigenvalue weighted by molar-refractivity contribution is 7.91. The normalized spacial score (nSPS) is 12.9. The summed E-state index contributed by atoms with van der Waals surface area (Å²) in [6.45, 7) is 1.92. The SMILES string of the molecule is Cc1c(S(=O)(=O)CCNC(=O)Nc2ccc3c(c2)OCO3)c2ccccc2n1C. The molecular formula is C20H21N3O5S. The average Bonchev–Trinajstić information content (AvgIpc) is 3.24. The minimum atomic E-state index is -3.57. The van der Waals surface area contributed by atoms with Crippen molar-refractivity contribution in [1.82, 2.24) is 9.88 Å². The van der Waals surface area contributed by atoms with E-state index in [1.54, 1.807) is 31.2 Å². The summed E-state index contributed by atoms with van der Waals surface area (Å²) in [5, 5.41) is 5.94. The number of fused-ring (bicyclic) bond motifs is 2.